The molecule has 1 heterocycles. The van der Waals surface area contributed by atoms with Gasteiger partial charge in [-0.1, -0.05) is 60.7 Å². The van der Waals surface area contributed by atoms with Crippen molar-refractivity contribution in [2.24, 2.45) is 0 Å². The number of hydrogen-bond donors (Lipinski definition) is 1. The summed E-state index contributed by atoms with van der Waals surface area (Å²) in [4.78, 5) is 42.1. The third kappa shape index (κ3) is 8.33. The lowest BCUT2D eigenvalue weighted by molar-refractivity contribution is 0.0497. The molecule has 0 unspecified atom stereocenters. The number of likely N-dealkylation sites (tertiary alicyclic amines) is 1. The third-order valence-electron chi connectivity index (χ3n) is 6.60. The molecular formula is C32H37N3O5. The van der Waals surface area contributed by atoms with Crippen molar-refractivity contribution in [2.45, 2.75) is 58.4 Å². The summed E-state index contributed by atoms with van der Waals surface area (Å²) in [5.41, 5.74) is 2.44. The summed E-state index contributed by atoms with van der Waals surface area (Å²) in [7, 11) is 0. The molecule has 0 atom stereocenters. The van der Waals surface area contributed by atoms with Crippen molar-refractivity contribution in [1.82, 2.24) is 9.80 Å². The van der Waals surface area contributed by atoms with Crippen LogP contribution in [0.15, 0.2) is 84.9 Å². The second-order valence-corrected chi connectivity index (χ2v) is 10.9. The molecule has 0 aliphatic carbocycles. The van der Waals surface area contributed by atoms with E-state index in [2.05, 4.69) is 5.32 Å². The fourth-order valence-electron chi connectivity index (χ4n) is 4.60. The molecule has 0 bridgehead atoms. The molecule has 0 saturated carbocycles. The summed E-state index contributed by atoms with van der Waals surface area (Å²) in [6.45, 7) is 7.11. The molecule has 1 saturated heterocycles. The molecule has 0 aromatic heterocycles. The normalized spacial score (nSPS) is 13.8. The molecule has 1 aliphatic rings. The predicted octanol–water partition coefficient (Wildman–Crippen LogP) is 6.48. The Kier molecular flexibility index (Phi) is 9.43. The summed E-state index contributed by atoms with van der Waals surface area (Å²) in [5, 5.41) is 2.70. The lowest BCUT2D eigenvalue weighted by atomic mass is 10.0. The topological polar surface area (TPSA) is 88.2 Å². The van der Waals surface area contributed by atoms with Crippen LogP contribution in [-0.2, 0) is 22.6 Å². The Morgan fingerprint density at radius 3 is 2.00 bits per heavy atom. The van der Waals surface area contributed by atoms with Gasteiger partial charge in [0, 0.05) is 36.9 Å². The van der Waals surface area contributed by atoms with Gasteiger partial charge in [0.1, 0.15) is 12.2 Å². The molecule has 3 amide bonds. The van der Waals surface area contributed by atoms with E-state index in [0.717, 1.165) is 11.1 Å². The van der Waals surface area contributed by atoms with Gasteiger partial charge in [-0.3, -0.25) is 10.1 Å². The Morgan fingerprint density at radius 1 is 0.850 bits per heavy atom. The van der Waals surface area contributed by atoms with Gasteiger partial charge >= 0.3 is 12.2 Å². The van der Waals surface area contributed by atoms with Gasteiger partial charge in [-0.15, -0.1) is 0 Å². The van der Waals surface area contributed by atoms with Crippen LogP contribution in [0.1, 0.15) is 55.1 Å². The SMILES string of the molecule is CC(C)(C)OC(=O)Nc1ccc(C(=O)N(Cc2ccccc2)C2CCN(C(=O)OCc3ccccc3)CC2)cc1. The molecule has 0 spiro atoms. The van der Waals surface area contributed by atoms with E-state index in [4.69, 9.17) is 9.47 Å². The smallest absolute Gasteiger partial charge is 0.412 e. The Balaban J connectivity index is 1.40. The summed E-state index contributed by atoms with van der Waals surface area (Å²) >= 11 is 0. The Bertz CT molecular complexity index is 1270. The van der Waals surface area contributed by atoms with Crippen LogP contribution in [0.3, 0.4) is 0 Å². The minimum Gasteiger partial charge on any atom is -0.445 e. The zero-order chi connectivity index (χ0) is 28.5. The van der Waals surface area contributed by atoms with E-state index in [0.29, 0.717) is 43.7 Å². The van der Waals surface area contributed by atoms with Crippen molar-refractivity contribution in [3.63, 3.8) is 0 Å². The fraction of sp³-hybridized carbons (Fsp3) is 0.344. The maximum Gasteiger partial charge on any atom is 0.412 e. The lowest BCUT2D eigenvalue weighted by Gasteiger charge is -2.38. The Labute approximate surface area is 235 Å². The first-order chi connectivity index (χ1) is 19.2. The summed E-state index contributed by atoms with van der Waals surface area (Å²) in [6, 6.07) is 26.3. The van der Waals surface area contributed by atoms with Crippen molar-refractivity contribution in [3.05, 3.63) is 102 Å². The van der Waals surface area contributed by atoms with Crippen molar-refractivity contribution in [3.8, 4) is 0 Å². The Hall–Kier alpha value is -4.33. The van der Waals surface area contributed by atoms with Crippen LogP contribution in [0, 0.1) is 0 Å². The maximum atomic E-state index is 13.8. The van der Waals surface area contributed by atoms with Gasteiger partial charge in [0.25, 0.3) is 5.91 Å². The summed E-state index contributed by atoms with van der Waals surface area (Å²) in [5.74, 6) is -0.0993. The van der Waals surface area contributed by atoms with Gasteiger partial charge in [0.05, 0.1) is 0 Å². The van der Waals surface area contributed by atoms with Gasteiger partial charge in [-0.2, -0.15) is 0 Å². The number of carbonyl (C=O) groups is 3. The minimum atomic E-state index is -0.605. The molecule has 0 radical (unpaired) electrons. The van der Waals surface area contributed by atoms with Gasteiger partial charge in [0.15, 0.2) is 0 Å². The number of hydrogen-bond acceptors (Lipinski definition) is 5. The number of piperidine rings is 1. The monoisotopic (exact) mass is 543 g/mol. The van der Waals surface area contributed by atoms with Crippen molar-refractivity contribution in [2.75, 3.05) is 18.4 Å². The third-order valence-corrected chi connectivity index (χ3v) is 6.60. The van der Waals surface area contributed by atoms with Crippen molar-refractivity contribution < 1.29 is 23.9 Å². The summed E-state index contributed by atoms with van der Waals surface area (Å²) in [6.07, 6.45) is 0.414. The average molecular weight is 544 g/mol. The second kappa shape index (κ2) is 13.2. The number of anilines is 1. The number of rotatable bonds is 7. The molecule has 40 heavy (non-hydrogen) atoms. The molecule has 8 heteroatoms. The van der Waals surface area contributed by atoms with Crippen LogP contribution >= 0.6 is 0 Å². The van der Waals surface area contributed by atoms with Crippen LogP contribution in [0.5, 0.6) is 0 Å². The van der Waals surface area contributed by atoms with Crippen LogP contribution in [-0.4, -0.2) is 52.6 Å². The quantitative estimate of drug-likeness (QED) is 0.369. The van der Waals surface area contributed by atoms with Crippen LogP contribution < -0.4 is 5.32 Å². The Morgan fingerprint density at radius 2 is 1.43 bits per heavy atom. The first kappa shape index (κ1) is 28.7. The zero-order valence-electron chi connectivity index (χ0n) is 23.3. The van der Waals surface area contributed by atoms with Gasteiger partial charge in [-0.25, -0.2) is 9.59 Å². The number of carbonyl (C=O) groups excluding carboxylic acids is 3. The first-order valence-corrected chi connectivity index (χ1v) is 13.6. The van der Waals surface area contributed by atoms with Crippen LogP contribution in [0.2, 0.25) is 0 Å². The van der Waals surface area contributed by atoms with Crippen LogP contribution in [0.4, 0.5) is 15.3 Å². The zero-order valence-corrected chi connectivity index (χ0v) is 23.3. The van der Waals surface area contributed by atoms with E-state index in [1.54, 1.807) is 49.9 Å². The number of ether oxygens (including phenoxy) is 2. The number of amides is 3. The van der Waals surface area contributed by atoms with E-state index in [1.165, 1.54) is 0 Å². The molecule has 1 fully saturated rings. The predicted molar refractivity (Wildman–Crippen MR) is 154 cm³/mol. The van der Waals surface area contributed by atoms with E-state index in [-0.39, 0.29) is 24.6 Å². The summed E-state index contributed by atoms with van der Waals surface area (Å²) < 4.78 is 10.8. The first-order valence-electron chi connectivity index (χ1n) is 13.6. The van der Waals surface area contributed by atoms with Crippen molar-refractivity contribution >= 4 is 23.8 Å². The molecular weight excluding hydrogens is 506 g/mol. The highest BCUT2D eigenvalue weighted by molar-refractivity contribution is 5.95. The molecule has 4 rings (SSSR count). The molecule has 3 aromatic carbocycles. The van der Waals surface area contributed by atoms with Crippen LogP contribution in [0.25, 0.3) is 0 Å². The number of nitrogens with one attached hydrogen (secondary N) is 1. The average Bonchev–Trinajstić information content (AvgIpc) is 2.95. The molecule has 1 N–H and O–H groups in total. The van der Waals surface area contributed by atoms with Gasteiger partial charge < -0.3 is 19.3 Å². The van der Waals surface area contributed by atoms with E-state index < -0.39 is 11.7 Å². The number of benzene rings is 3. The molecule has 3 aromatic rings. The minimum absolute atomic E-state index is 0.0366. The van der Waals surface area contributed by atoms with E-state index >= 15 is 0 Å². The highest BCUT2D eigenvalue weighted by Gasteiger charge is 2.31. The standard InChI is InChI=1S/C32H37N3O5/c1-32(2,3)40-30(37)33-27-16-14-26(15-17-27)29(36)35(22-24-10-6-4-7-11-24)28-18-20-34(21-19-28)31(38)39-23-25-12-8-5-9-13-25/h4-17,28H,18-23H2,1-3H3,(H,33,37). The van der Waals surface area contributed by atoms with Gasteiger partial charge in [-0.05, 0) is 69.0 Å². The van der Waals surface area contributed by atoms with E-state index in [9.17, 15) is 14.4 Å². The van der Waals surface area contributed by atoms with E-state index in [1.807, 2.05) is 65.6 Å². The lowest BCUT2D eigenvalue weighted by Crippen LogP contribution is -2.48. The molecule has 210 valence electrons. The highest BCUT2D eigenvalue weighted by atomic mass is 16.6. The molecule has 8 nitrogen and oxygen atoms in total. The largest absolute Gasteiger partial charge is 0.445 e. The molecule has 1 aliphatic heterocycles. The van der Waals surface area contributed by atoms with Crippen molar-refractivity contribution in [1.29, 1.82) is 0 Å². The maximum absolute atomic E-state index is 13.8. The highest BCUT2D eigenvalue weighted by Crippen LogP contribution is 2.23. The second-order valence-electron chi connectivity index (χ2n) is 10.9. The number of nitrogens with zero attached hydrogens (tertiary/aromatic N) is 2. The van der Waals surface area contributed by atoms with Gasteiger partial charge in [0.2, 0.25) is 0 Å². The fourth-order valence-corrected chi connectivity index (χ4v) is 4.60.